The highest BCUT2D eigenvalue weighted by Gasteiger charge is 2.21. The fourth-order valence-corrected chi connectivity index (χ4v) is 4.66. The van der Waals surface area contributed by atoms with Gasteiger partial charge in [-0.15, -0.1) is 0 Å². The highest BCUT2D eigenvalue weighted by Crippen LogP contribution is 2.37. The van der Waals surface area contributed by atoms with Gasteiger partial charge >= 0.3 is 0 Å². The number of rotatable bonds is 6. The zero-order valence-electron chi connectivity index (χ0n) is 18.8. The molecule has 0 aliphatic rings. The number of hydrogen-bond acceptors (Lipinski definition) is 2. The molecule has 0 unspecified atom stereocenters. The van der Waals surface area contributed by atoms with Crippen molar-refractivity contribution in [1.82, 2.24) is 0 Å². The van der Waals surface area contributed by atoms with Crippen molar-refractivity contribution >= 4 is 43.9 Å². The summed E-state index contributed by atoms with van der Waals surface area (Å²) >= 11 is 0. The fraction of sp³-hybridized carbons (Fsp3) is 0.167. The Morgan fingerprint density at radius 2 is 1.39 bits per heavy atom. The number of amides is 1. The van der Waals surface area contributed by atoms with E-state index >= 15 is 0 Å². The number of benzene rings is 5. The third-order valence-corrected chi connectivity index (χ3v) is 6.40. The molecule has 0 spiro atoms. The Kier molecular flexibility index (Phi) is 5.70. The minimum absolute atomic E-state index is 0.0275. The summed E-state index contributed by atoms with van der Waals surface area (Å²) in [7, 11) is 0. The van der Waals surface area contributed by atoms with Crippen LogP contribution < -0.4 is 4.90 Å². The molecule has 1 amide bonds. The van der Waals surface area contributed by atoms with Crippen LogP contribution in [-0.2, 0) is 11.3 Å². The highest BCUT2D eigenvalue weighted by molar-refractivity contribution is 6.09. The Morgan fingerprint density at radius 1 is 0.758 bits per heavy atom. The molecule has 0 saturated carbocycles. The lowest BCUT2D eigenvalue weighted by atomic mass is 9.96. The van der Waals surface area contributed by atoms with Crippen molar-refractivity contribution in [2.24, 2.45) is 0 Å². The van der Waals surface area contributed by atoms with Crippen molar-refractivity contribution in [1.29, 1.82) is 0 Å². The Morgan fingerprint density at radius 3 is 2.15 bits per heavy atom. The van der Waals surface area contributed by atoms with Crippen molar-refractivity contribution in [2.45, 2.75) is 32.7 Å². The summed E-state index contributed by atoms with van der Waals surface area (Å²) in [6, 6.07) is 30.4. The van der Waals surface area contributed by atoms with Crippen LogP contribution in [0.1, 0.15) is 31.7 Å². The van der Waals surface area contributed by atoms with Gasteiger partial charge in [0.2, 0.25) is 5.91 Å². The Labute approximate surface area is 193 Å². The molecule has 0 aliphatic heterocycles. The van der Waals surface area contributed by atoms with Gasteiger partial charge in [-0.1, -0.05) is 92.2 Å². The quantitative estimate of drug-likeness (QED) is 0.280. The predicted octanol–water partition coefficient (Wildman–Crippen LogP) is 7.58. The maximum Gasteiger partial charge on any atom is 0.227 e. The number of phenols is 1. The van der Waals surface area contributed by atoms with E-state index in [-0.39, 0.29) is 11.7 Å². The van der Waals surface area contributed by atoms with Gasteiger partial charge in [-0.25, -0.2) is 0 Å². The van der Waals surface area contributed by atoms with Gasteiger partial charge in [-0.05, 0) is 51.0 Å². The van der Waals surface area contributed by atoms with Gasteiger partial charge in [0.1, 0.15) is 5.75 Å². The molecule has 0 fully saturated rings. The number of carbonyl (C=O) groups excluding carboxylic acids is 1. The summed E-state index contributed by atoms with van der Waals surface area (Å²) in [5.41, 5.74) is 1.63. The lowest BCUT2D eigenvalue weighted by Crippen LogP contribution is -2.30. The van der Waals surface area contributed by atoms with Crippen molar-refractivity contribution in [2.75, 3.05) is 4.90 Å². The SMILES string of the molecule is CCCCC(=O)N(Cc1cc2ccccc2c2ccccc12)c1ccc2ccccc2c1O. The molecular formula is C30H27NO2. The molecule has 0 aliphatic carbocycles. The van der Waals surface area contributed by atoms with Crippen LogP contribution in [-0.4, -0.2) is 11.0 Å². The van der Waals surface area contributed by atoms with Crippen molar-refractivity contribution in [3.8, 4) is 5.75 Å². The first-order chi connectivity index (χ1) is 16.2. The zero-order valence-corrected chi connectivity index (χ0v) is 18.8. The second-order valence-electron chi connectivity index (χ2n) is 8.54. The molecule has 0 atom stereocenters. The standard InChI is InChI=1S/C30H27NO2/c1-2-3-16-29(32)31(28-18-17-21-10-4-7-14-26(21)30(28)33)20-23-19-22-11-5-6-12-24(22)27-15-9-8-13-25(23)27/h4-15,17-19,33H,2-3,16,20H2,1H3. The number of nitrogens with zero attached hydrogens (tertiary/aromatic N) is 1. The third-order valence-electron chi connectivity index (χ3n) is 6.40. The minimum Gasteiger partial charge on any atom is -0.505 e. The number of carbonyl (C=O) groups is 1. The van der Waals surface area contributed by atoms with E-state index in [4.69, 9.17) is 0 Å². The molecule has 1 N–H and O–H groups in total. The Bertz CT molecular complexity index is 1470. The van der Waals surface area contributed by atoms with E-state index in [1.54, 1.807) is 4.90 Å². The molecule has 0 radical (unpaired) electrons. The highest BCUT2D eigenvalue weighted by atomic mass is 16.3. The van der Waals surface area contributed by atoms with Crippen LogP contribution in [0.4, 0.5) is 5.69 Å². The van der Waals surface area contributed by atoms with E-state index in [0.29, 0.717) is 18.7 Å². The Balaban J connectivity index is 1.67. The minimum atomic E-state index is 0.0275. The molecular weight excluding hydrogens is 406 g/mol. The first kappa shape index (κ1) is 21.0. The number of hydrogen-bond donors (Lipinski definition) is 1. The van der Waals surface area contributed by atoms with Crippen LogP contribution in [0.2, 0.25) is 0 Å². The molecule has 3 heteroatoms. The van der Waals surface area contributed by atoms with E-state index in [0.717, 1.165) is 39.9 Å². The van der Waals surface area contributed by atoms with E-state index < -0.39 is 0 Å². The van der Waals surface area contributed by atoms with E-state index in [9.17, 15) is 9.90 Å². The van der Waals surface area contributed by atoms with Gasteiger partial charge in [0.15, 0.2) is 0 Å². The van der Waals surface area contributed by atoms with Crippen LogP contribution in [0.15, 0.2) is 91.0 Å². The summed E-state index contributed by atoms with van der Waals surface area (Å²) < 4.78 is 0. The van der Waals surface area contributed by atoms with E-state index in [1.165, 1.54) is 10.8 Å². The molecule has 0 bridgehead atoms. The molecule has 5 aromatic carbocycles. The van der Waals surface area contributed by atoms with Crippen LogP contribution in [0, 0.1) is 0 Å². The molecule has 0 heterocycles. The molecule has 0 saturated heterocycles. The molecule has 33 heavy (non-hydrogen) atoms. The first-order valence-electron chi connectivity index (χ1n) is 11.6. The second kappa shape index (κ2) is 8.95. The largest absolute Gasteiger partial charge is 0.505 e. The van der Waals surface area contributed by atoms with Gasteiger partial charge < -0.3 is 10.0 Å². The van der Waals surface area contributed by atoms with Crippen molar-refractivity contribution < 1.29 is 9.90 Å². The first-order valence-corrected chi connectivity index (χ1v) is 11.6. The smallest absolute Gasteiger partial charge is 0.227 e. The maximum absolute atomic E-state index is 13.4. The molecule has 5 aromatic rings. The number of unbranched alkanes of at least 4 members (excludes halogenated alkanes) is 1. The zero-order chi connectivity index (χ0) is 22.8. The van der Waals surface area contributed by atoms with E-state index in [2.05, 4.69) is 49.4 Å². The normalized spacial score (nSPS) is 11.3. The second-order valence-corrected chi connectivity index (χ2v) is 8.54. The average Bonchev–Trinajstić information content (AvgIpc) is 2.86. The van der Waals surface area contributed by atoms with Crippen LogP contribution in [0.3, 0.4) is 0 Å². The molecule has 5 rings (SSSR count). The molecule has 0 aromatic heterocycles. The monoisotopic (exact) mass is 433 g/mol. The van der Waals surface area contributed by atoms with Crippen LogP contribution >= 0.6 is 0 Å². The van der Waals surface area contributed by atoms with Crippen molar-refractivity contribution in [3.05, 3.63) is 96.6 Å². The maximum atomic E-state index is 13.4. The number of phenolic OH excluding ortho intramolecular Hbond substituents is 1. The lowest BCUT2D eigenvalue weighted by Gasteiger charge is -2.25. The summed E-state index contributed by atoms with van der Waals surface area (Å²) in [5.74, 6) is 0.183. The van der Waals surface area contributed by atoms with Gasteiger partial charge in [-0.2, -0.15) is 0 Å². The van der Waals surface area contributed by atoms with Gasteiger partial charge in [0.25, 0.3) is 0 Å². The number of fused-ring (bicyclic) bond motifs is 4. The topological polar surface area (TPSA) is 40.5 Å². The van der Waals surface area contributed by atoms with Gasteiger partial charge in [-0.3, -0.25) is 4.79 Å². The summed E-state index contributed by atoms with van der Waals surface area (Å²) in [6.07, 6.45) is 2.22. The average molecular weight is 434 g/mol. The van der Waals surface area contributed by atoms with Gasteiger partial charge in [0.05, 0.1) is 12.2 Å². The van der Waals surface area contributed by atoms with E-state index in [1.807, 2.05) is 48.5 Å². The lowest BCUT2D eigenvalue weighted by molar-refractivity contribution is -0.118. The molecule has 164 valence electrons. The number of anilines is 1. The number of aromatic hydroxyl groups is 1. The summed E-state index contributed by atoms with van der Waals surface area (Å²) in [5, 5.41) is 17.5. The van der Waals surface area contributed by atoms with Crippen molar-refractivity contribution in [3.63, 3.8) is 0 Å². The Hall–Kier alpha value is -3.85. The summed E-state index contributed by atoms with van der Waals surface area (Å²) in [6.45, 7) is 2.49. The van der Waals surface area contributed by atoms with Crippen LogP contribution in [0.25, 0.3) is 32.3 Å². The van der Waals surface area contributed by atoms with Gasteiger partial charge in [0, 0.05) is 11.8 Å². The predicted molar refractivity (Wildman–Crippen MR) is 138 cm³/mol. The van der Waals surface area contributed by atoms with Crippen LogP contribution in [0.5, 0.6) is 5.75 Å². The fourth-order valence-electron chi connectivity index (χ4n) is 4.66. The third kappa shape index (κ3) is 3.91. The summed E-state index contributed by atoms with van der Waals surface area (Å²) in [4.78, 5) is 15.2. The molecule has 3 nitrogen and oxygen atoms in total.